The second kappa shape index (κ2) is 1.91. The van der Waals surface area contributed by atoms with E-state index in [2.05, 4.69) is 0 Å². The summed E-state index contributed by atoms with van der Waals surface area (Å²) in [4.78, 5) is 0. The molecule has 5 nitrogen and oxygen atoms in total. The third kappa shape index (κ3) is 293. The SMILES string of the molecule is Cl.[NH2][Ru]([NH2])([NH2])([NH2])[NH2]. The summed E-state index contributed by atoms with van der Waals surface area (Å²) in [6.45, 7) is 0. The van der Waals surface area contributed by atoms with Gasteiger partial charge in [-0.2, -0.15) is 0 Å². The van der Waals surface area contributed by atoms with E-state index in [1.54, 1.807) is 0 Å². The molecule has 0 aromatic carbocycles. The normalized spacial score (nSPS) is 16.4. The van der Waals surface area contributed by atoms with Crippen LogP contribution in [-0.2, 0) is 14.8 Å². The van der Waals surface area contributed by atoms with Crippen molar-refractivity contribution in [2.45, 2.75) is 0 Å². The van der Waals surface area contributed by atoms with Crippen molar-refractivity contribution in [3.05, 3.63) is 0 Å². The van der Waals surface area contributed by atoms with Gasteiger partial charge in [0.2, 0.25) is 0 Å². The van der Waals surface area contributed by atoms with Gasteiger partial charge < -0.3 is 0 Å². The number of halogens is 1. The Kier molecular flexibility index (Phi) is 2.90. The number of hydrogen-bond donors (Lipinski definition) is 5. The van der Waals surface area contributed by atoms with Crippen molar-refractivity contribution < 1.29 is 14.8 Å². The van der Waals surface area contributed by atoms with Crippen molar-refractivity contribution in [1.29, 1.82) is 0 Å². The molecule has 0 aromatic heterocycles. The predicted molar refractivity (Wildman–Crippen MR) is 28.2 cm³/mol. The molecule has 0 rings (SSSR count). The van der Waals surface area contributed by atoms with Crippen molar-refractivity contribution in [3.8, 4) is 0 Å². The van der Waals surface area contributed by atoms with E-state index < -0.39 is 14.8 Å². The van der Waals surface area contributed by atoms with Gasteiger partial charge in [-0.3, -0.25) is 0 Å². The first-order chi connectivity index (χ1) is 2.24. The summed E-state index contributed by atoms with van der Waals surface area (Å²) < 4.78 is 24.4. The van der Waals surface area contributed by atoms with E-state index in [1.807, 2.05) is 0 Å². The Labute approximate surface area is 50.0 Å². The van der Waals surface area contributed by atoms with E-state index in [0.29, 0.717) is 0 Å². The van der Waals surface area contributed by atoms with Gasteiger partial charge in [0.15, 0.2) is 0 Å². The summed E-state index contributed by atoms with van der Waals surface area (Å²) in [6, 6.07) is 0. The Morgan fingerprint density at radius 2 is 0.714 bits per heavy atom. The standard InChI is InChI=1S/ClH.5H2N.Ru/h1H;5*1H2;/q;5*-1;+5. The molecule has 0 atom stereocenters. The van der Waals surface area contributed by atoms with Crippen molar-refractivity contribution in [2.75, 3.05) is 0 Å². The fraction of sp³-hybridized carbons (Fsp3) is 0. The third-order valence-corrected chi connectivity index (χ3v) is 0. The van der Waals surface area contributed by atoms with Gasteiger partial charge in [-0.25, -0.2) is 0 Å². The molecule has 0 bridgehead atoms. The fourth-order valence-corrected chi connectivity index (χ4v) is 0. The monoisotopic (exact) mass is 218 g/mol. The van der Waals surface area contributed by atoms with Crippen molar-refractivity contribution in [1.82, 2.24) is 0 Å². The summed E-state index contributed by atoms with van der Waals surface area (Å²) in [5.41, 5.74) is 0. The van der Waals surface area contributed by atoms with E-state index in [0.717, 1.165) is 0 Å². The molecule has 0 saturated carbocycles. The van der Waals surface area contributed by atoms with Crippen LogP contribution in [0.5, 0.6) is 0 Å². The summed E-state index contributed by atoms with van der Waals surface area (Å²) in [7, 11) is 0. The Hall–Kier alpha value is 0.713. The second-order valence-corrected chi connectivity index (χ2v) is 6.97. The molecule has 0 unspecified atom stereocenters. The molecule has 0 saturated heterocycles. The molecule has 0 aliphatic rings. The first-order valence-corrected chi connectivity index (χ1v) is 6.04. The number of nitrogens with two attached hydrogens (primary N) is 5. The molecule has 7 heavy (non-hydrogen) atoms. The van der Waals surface area contributed by atoms with Crippen LogP contribution < -0.4 is 22.4 Å². The maximum absolute atomic E-state index is 4.89. The van der Waals surface area contributed by atoms with Crippen molar-refractivity contribution >= 4 is 12.4 Å². The van der Waals surface area contributed by atoms with Gasteiger partial charge >= 0.3 is 37.2 Å². The quantitative estimate of drug-likeness (QED) is 0.286. The molecule has 0 aliphatic heterocycles. The van der Waals surface area contributed by atoms with E-state index in [-0.39, 0.29) is 12.4 Å². The van der Waals surface area contributed by atoms with Gasteiger partial charge in [-0.1, -0.05) is 0 Å². The van der Waals surface area contributed by atoms with Crippen LogP contribution in [0.4, 0.5) is 0 Å². The molecule has 0 radical (unpaired) electrons. The zero-order valence-electron chi connectivity index (χ0n) is 3.65. The average molecular weight is 218 g/mol. The van der Waals surface area contributed by atoms with Gasteiger partial charge in [0.05, 0.1) is 0 Å². The summed E-state index contributed by atoms with van der Waals surface area (Å²) >= 11 is -3.97. The zero-order chi connectivity index (χ0) is 5.45. The van der Waals surface area contributed by atoms with Crippen LogP contribution in [0.1, 0.15) is 0 Å². The fourth-order valence-electron chi connectivity index (χ4n) is 0. The Morgan fingerprint density at radius 1 is 0.714 bits per heavy atom. The van der Waals surface area contributed by atoms with Gasteiger partial charge in [-0.05, 0) is 0 Å². The van der Waals surface area contributed by atoms with Crippen LogP contribution in [0.3, 0.4) is 0 Å². The molecule has 0 spiro atoms. The molecule has 10 N–H and O–H groups in total. The number of rotatable bonds is 0. The summed E-state index contributed by atoms with van der Waals surface area (Å²) in [5.74, 6) is 0. The Bertz CT molecular complexity index is 41.3. The minimum atomic E-state index is -3.97. The van der Waals surface area contributed by atoms with Crippen LogP contribution in [0.15, 0.2) is 0 Å². The molecule has 51 valence electrons. The molecule has 0 aliphatic carbocycles. The first kappa shape index (κ1) is 10.6. The summed E-state index contributed by atoms with van der Waals surface area (Å²) in [6.07, 6.45) is 0. The topological polar surface area (TPSA) is 130 Å². The van der Waals surface area contributed by atoms with Crippen molar-refractivity contribution in [3.63, 3.8) is 0 Å². The molecular formula is H11ClN5Ru. The molecule has 0 aromatic rings. The third-order valence-electron chi connectivity index (χ3n) is 0. The Balaban J connectivity index is 0. The minimum absolute atomic E-state index is 0. The predicted octanol–water partition coefficient (Wildman–Crippen LogP) is -2.53. The molecule has 0 amide bonds. The molecular weight excluding hydrogens is 207 g/mol. The van der Waals surface area contributed by atoms with Gasteiger partial charge in [0.25, 0.3) is 0 Å². The van der Waals surface area contributed by atoms with Crippen LogP contribution >= 0.6 is 12.4 Å². The van der Waals surface area contributed by atoms with E-state index in [9.17, 15) is 0 Å². The Morgan fingerprint density at radius 3 is 0.714 bits per heavy atom. The van der Waals surface area contributed by atoms with Crippen LogP contribution in [0.25, 0.3) is 0 Å². The zero-order valence-corrected chi connectivity index (χ0v) is 6.20. The van der Waals surface area contributed by atoms with E-state index in [1.165, 1.54) is 0 Å². The van der Waals surface area contributed by atoms with Crippen LogP contribution in [0.2, 0.25) is 0 Å². The maximum atomic E-state index is 4.89. The van der Waals surface area contributed by atoms with E-state index in [4.69, 9.17) is 22.4 Å². The van der Waals surface area contributed by atoms with Gasteiger partial charge in [-0.15, -0.1) is 12.4 Å². The van der Waals surface area contributed by atoms with Gasteiger partial charge in [0, 0.05) is 0 Å². The molecule has 0 fully saturated rings. The van der Waals surface area contributed by atoms with Crippen LogP contribution in [0, 0.1) is 0 Å². The van der Waals surface area contributed by atoms with E-state index >= 15 is 0 Å². The van der Waals surface area contributed by atoms with Gasteiger partial charge in [0.1, 0.15) is 0 Å². The molecule has 0 heterocycles. The first-order valence-electron chi connectivity index (χ1n) is 1.02. The summed E-state index contributed by atoms with van der Waals surface area (Å²) in [5, 5.41) is 0. The number of hydrogen-bond acceptors (Lipinski definition) is 5. The second-order valence-electron chi connectivity index (χ2n) is 1.18. The molecule has 7 heteroatoms. The average Bonchev–Trinajstić information content (AvgIpc) is 0.650. The van der Waals surface area contributed by atoms with Crippen molar-refractivity contribution in [2.24, 2.45) is 22.4 Å². The van der Waals surface area contributed by atoms with Crippen LogP contribution in [-0.4, -0.2) is 0 Å².